The fourth-order valence-corrected chi connectivity index (χ4v) is 2.13. The van der Waals surface area contributed by atoms with E-state index in [1.54, 1.807) is 0 Å². The predicted molar refractivity (Wildman–Crippen MR) is 62.9 cm³/mol. The summed E-state index contributed by atoms with van der Waals surface area (Å²) in [5, 5.41) is 3.18. The van der Waals surface area contributed by atoms with Crippen molar-refractivity contribution in [3.8, 4) is 0 Å². The number of hydrogen-bond donors (Lipinski definition) is 1. The second kappa shape index (κ2) is 7.19. The molecule has 0 rings (SSSR count). The van der Waals surface area contributed by atoms with Crippen LogP contribution in [0.4, 0.5) is 0 Å². The molecule has 0 spiro atoms. The van der Waals surface area contributed by atoms with Crippen molar-refractivity contribution in [2.24, 2.45) is 0 Å². The second-order valence-corrected chi connectivity index (χ2v) is 6.31. The Morgan fingerprint density at radius 3 is 2.33 bits per heavy atom. The maximum Gasteiger partial charge on any atom is 0.149 e. The molecular formula is C10H23NO3S. The highest BCUT2D eigenvalue weighted by atomic mass is 32.2. The topological polar surface area (TPSA) is 55.4 Å². The van der Waals surface area contributed by atoms with Crippen molar-refractivity contribution in [1.29, 1.82) is 0 Å². The van der Waals surface area contributed by atoms with E-state index in [-0.39, 0.29) is 17.9 Å². The minimum atomic E-state index is -2.94. The Morgan fingerprint density at radius 1 is 1.33 bits per heavy atom. The van der Waals surface area contributed by atoms with Crippen molar-refractivity contribution in [2.45, 2.75) is 39.3 Å². The minimum absolute atomic E-state index is 0.0950. The molecule has 1 N–H and O–H groups in total. The molecule has 15 heavy (non-hydrogen) atoms. The van der Waals surface area contributed by atoms with Gasteiger partial charge in [-0.1, -0.05) is 6.92 Å². The lowest BCUT2D eigenvalue weighted by Crippen LogP contribution is -2.40. The van der Waals surface area contributed by atoms with Gasteiger partial charge in [0.15, 0.2) is 0 Å². The van der Waals surface area contributed by atoms with E-state index < -0.39 is 9.84 Å². The number of sulfone groups is 1. The van der Waals surface area contributed by atoms with Gasteiger partial charge in [0.1, 0.15) is 9.84 Å². The molecule has 92 valence electrons. The maximum atomic E-state index is 11.2. The predicted octanol–water partition coefficient (Wildman–Crippen LogP) is 0.824. The zero-order chi connectivity index (χ0) is 11.9. The van der Waals surface area contributed by atoms with Gasteiger partial charge in [-0.2, -0.15) is 0 Å². The molecule has 0 fully saturated rings. The molecule has 0 aliphatic heterocycles. The first-order valence-corrected chi connectivity index (χ1v) is 7.44. The van der Waals surface area contributed by atoms with E-state index in [1.165, 1.54) is 6.26 Å². The van der Waals surface area contributed by atoms with Crippen molar-refractivity contribution < 1.29 is 13.2 Å². The summed E-state index contributed by atoms with van der Waals surface area (Å²) in [6, 6.07) is -0.0950. The van der Waals surface area contributed by atoms with Crippen LogP contribution in [0.25, 0.3) is 0 Å². The molecule has 0 bridgehead atoms. The average molecular weight is 237 g/mol. The van der Waals surface area contributed by atoms with Gasteiger partial charge in [-0.15, -0.1) is 0 Å². The lowest BCUT2D eigenvalue weighted by atomic mass is 10.3. The van der Waals surface area contributed by atoms with Crippen LogP contribution in [-0.4, -0.2) is 45.7 Å². The average Bonchev–Trinajstić information content (AvgIpc) is 2.07. The summed E-state index contributed by atoms with van der Waals surface area (Å²) in [6.07, 6.45) is 2.38. The number of rotatable bonds is 8. The standard InChI is InChI=1S/C10H23NO3S/c1-5-6-11-10(7-14-9(2)3)8-15(4,12)13/h9-11H,5-8H2,1-4H3. The van der Waals surface area contributed by atoms with Crippen LogP contribution in [0.15, 0.2) is 0 Å². The second-order valence-electron chi connectivity index (χ2n) is 4.13. The van der Waals surface area contributed by atoms with Crippen LogP contribution in [0, 0.1) is 0 Å². The smallest absolute Gasteiger partial charge is 0.149 e. The molecule has 1 unspecified atom stereocenters. The summed E-state index contributed by atoms with van der Waals surface area (Å²) >= 11 is 0. The van der Waals surface area contributed by atoms with Crippen molar-refractivity contribution in [3.05, 3.63) is 0 Å². The van der Waals surface area contributed by atoms with E-state index in [2.05, 4.69) is 5.32 Å². The van der Waals surface area contributed by atoms with Gasteiger partial charge in [0.2, 0.25) is 0 Å². The van der Waals surface area contributed by atoms with E-state index in [0.29, 0.717) is 6.61 Å². The van der Waals surface area contributed by atoms with E-state index in [9.17, 15) is 8.42 Å². The number of hydrogen-bond acceptors (Lipinski definition) is 4. The third-order valence-corrected chi connectivity index (χ3v) is 2.83. The molecule has 0 aliphatic carbocycles. The summed E-state index contributed by atoms with van der Waals surface area (Å²) < 4.78 is 27.7. The fourth-order valence-electron chi connectivity index (χ4n) is 1.19. The van der Waals surface area contributed by atoms with E-state index in [0.717, 1.165) is 13.0 Å². The molecule has 0 aromatic carbocycles. The highest BCUT2D eigenvalue weighted by molar-refractivity contribution is 7.90. The first-order valence-electron chi connectivity index (χ1n) is 5.38. The van der Waals surface area contributed by atoms with Gasteiger partial charge in [-0.3, -0.25) is 0 Å². The Morgan fingerprint density at radius 2 is 1.93 bits per heavy atom. The lowest BCUT2D eigenvalue weighted by molar-refractivity contribution is 0.0652. The molecule has 4 nitrogen and oxygen atoms in total. The molecule has 0 amide bonds. The molecule has 0 aromatic rings. The van der Waals surface area contributed by atoms with Crippen molar-refractivity contribution >= 4 is 9.84 Å². The Balaban J connectivity index is 4.06. The van der Waals surface area contributed by atoms with Crippen LogP contribution in [0.2, 0.25) is 0 Å². The molecule has 0 radical (unpaired) electrons. The van der Waals surface area contributed by atoms with Gasteiger partial charge in [0, 0.05) is 12.3 Å². The molecule has 0 aromatic heterocycles. The minimum Gasteiger partial charge on any atom is -0.377 e. The van der Waals surface area contributed by atoms with E-state index in [1.807, 2.05) is 20.8 Å². The van der Waals surface area contributed by atoms with Crippen LogP contribution < -0.4 is 5.32 Å². The lowest BCUT2D eigenvalue weighted by Gasteiger charge is -2.19. The van der Waals surface area contributed by atoms with Crippen molar-refractivity contribution in [1.82, 2.24) is 5.32 Å². The quantitative estimate of drug-likeness (QED) is 0.679. The zero-order valence-electron chi connectivity index (χ0n) is 10.1. The third kappa shape index (κ3) is 10.2. The van der Waals surface area contributed by atoms with Gasteiger partial charge >= 0.3 is 0 Å². The van der Waals surface area contributed by atoms with Crippen molar-refractivity contribution in [2.75, 3.05) is 25.2 Å². The normalized spacial score (nSPS) is 14.5. The summed E-state index contributed by atoms with van der Waals surface area (Å²) in [4.78, 5) is 0. The summed E-state index contributed by atoms with van der Waals surface area (Å²) in [6.45, 7) is 7.20. The van der Waals surface area contributed by atoms with Crippen LogP contribution in [0.1, 0.15) is 27.2 Å². The molecule has 0 saturated heterocycles. The SMILES string of the molecule is CCCNC(COC(C)C)CS(C)(=O)=O. The Hall–Kier alpha value is -0.130. The van der Waals surface area contributed by atoms with Gasteiger partial charge in [-0.25, -0.2) is 8.42 Å². The van der Waals surface area contributed by atoms with Crippen LogP contribution >= 0.6 is 0 Å². The first kappa shape index (κ1) is 14.9. The largest absolute Gasteiger partial charge is 0.377 e. The van der Waals surface area contributed by atoms with Crippen LogP contribution in [0.3, 0.4) is 0 Å². The van der Waals surface area contributed by atoms with Gasteiger partial charge < -0.3 is 10.1 Å². The molecule has 0 heterocycles. The zero-order valence-corrected chi connectivity index (χ0v) is 10.9. The highest BCUT2D eigenvalue weighted by Gasteiger charge is 2.15. The van der Waals surface area contributed by atoms with Crippen LogP contribution in [-0.2, 0) is 14.6 Å². The van der Waals surface area contributed by atoms with Gasteiger partial charge in [0.05, 0.1) is 18.5 Å². The maximum absolute atomic E-state index is 11.2. The molecule has 0 saturated carbocycles. The molecule has 5 heteroatoms. The number of ether oxygens (including phenoxy) is 1. The monoisotopic (exact) mass is 237 g/mol. The molecule has 1 atom stereocenters. The highest BCUT2D eigenvalue weighted by Crippen LogP contribution is 1.96. The van der Waals surface area contributed by atoms with E-state index >= 15 is 0 Å². The van der Waals surface area contributed by atoms with Gasteiger partial charge in [0.25, 0.3) is 0 Å². The number of nitrogens with one attached hydrogen (secondary N) is 1. The van der Waals surface area contributed by atoms with E-state index in [4.69, 9.17) is 4.74 Å². The summed E-state index contributed by atoms with van der Waals surface area (Å²) in [7, 11) is -2.94. The molecular weight excluding hydrogens is 214 g/mol. The van der Waals surface area contributed by atoms with Gasteiger partial charge in [-0.05, 0) is 26.8 Å². The van der Waals surface area contributed by atoms with Crippen LogP contribution in [0.5, 0.6) is 0 Å². The Bertz CT molecular complexity index is 249. The first-order chi connectivity index (χ1) is 6.85. The Labute approximate surface area is 93.3 Å². The molecule has 0 aliphatic rings. The Kier molecular flexibility index (Phi) is 7.13. The third-order valence-electron chi connectivity index (χ3n) is 1.82. The van der Waals surface area contributed by atoms with Crippen molar-refractivity contribution in [3.63, 3.8) is 0 Å². The summed E-state index contributed by atoms with van der Waals surface area (Å²) in [5.74, 6) is 0.139. The fraction of sp³-hybridized carbons (Fsp3) is 1.00. The summed E-state index contributed by atoms with van der Waals surface area (Å²) in [5.41, 5.74) is 0.